The van der Waals surface area contributed by atoms with Crippen LogP contribution in [0.15, 0.2) is 41.5 Å². The highest BCUT2D eigenvalue weighted by atomic mass is 35.5. The molecule has 2 rings (SSSR count). The van der Waals surface area contributed by atoms with Crippen molar-refractivity contribution in [2.45, 2.75) is 6.92 Å². The second-order valence-corrected chi connectivity index (χ2v) is 5.38. The zero-order chi connectivity index (χ0) is 19.1. The molecule has 0 fully saturated rings. The predicted octanol–water partition coefficient (Wildman–Crippen LogP) is 3.42. The number of carbonyl (C=O) groups excluding carboxylic acids is 1. The van der Waals surface area contributed by atoms with Crippen LogP contribution >= 0.6 is 11.6 Å². The van der Waals surface area contributed by atoms with Crippen molar-refractivity contribution in [1.82, 2.24) is 5.43 Å². The van der Waals surface area contributed by atoms with Crippen LogP contribution in [-0.2, 0) is 0 Å². The summed E-state index contributed by atoms with van der Waals surface area (Å²) in [7, 11) is 1.49. The first-order valence-corrected chi connectivity index (χ1v) is 7.92. The fraction of sp³-hybridized carbons (Fsp3) is 0.176. The fourth-order valence-electron chi connectivity index (χ4n) is 2.06. The normalized spacial score (nSPS) is 10.6. The van der Waals surface area contributed by atoms with Crippen LogP contribution in [0.5, 0.6) is 11.5 Å². The van der Waals surface area contributed by atoms with Crippen molar-refractivity contribution in [1.29, 1.82) is 0 Å². The fourth-order valence-corrected chi connectivity index (χ4v) is 2.34. The summed E-state index contributed by atoms with van der Waals surface area (Å²) >= 11 is 6.16. The number of nitro benzene ring substituents is 1. The van der Waals surface area contributed by atoms with Crippen molar-refractivity contribution in [2.75, 3.05) is 13.7 Å². The summed E-state index contributed by atoms with van der Waals surface area (Å²) in [5.41, 5.74) is 3.08. The summed E-state index contributed by atoms with van der Waals surface area (Å²) < 4.78 is 10.7. The Balaban J connectivity index is 2.08. The highest BCUT2D eigenvalue weighted by Crippen LogP contribution is 2.35. The lowest BCUT2D eigenvalue weighted by molar-refractivity contribution is -0.384. The lowest BCUT2D eigenvalue weighted by Crippen LogP contribution is -2.17. The van der Waals surface area contributed by atoms with Crippen molar-refractivity contribution < 1.29 is 19.2 Å². The maximum Gasteiger partial charge on any atom is 0.271 e. The Morgan fingerprint density at radius 2 is 2.04 bits per heavy atom. The molecule has 0 saturated heterocycles. The van der Waals surface area contributed by atoms with Gasteiger partial charge in [0.2, 0.25) is 0 Å². The molecule has 0 spiro atoms. The van der Waals surface area contributed by atoms with E-state index in [-0.39, 0.29) is 11.3 Å². The van der Waals surface area contributed by atoms with Crippen LogP contribution in [0.1, 0.15) is 22.8 Å². The minimum Gasteiger partial charge on any atom is -0.493 e. The van der Waals surface area contributed by atoms with E-state index in [1.807, 2.05) is 6.92 Å². The first kappa shape index (κ1) is 19.2. The van der Waals surface area contributed by atoms with E-state index in [1.54, 1.807) is 12.1 Å². The van der Waals surface area contributed by atoms with E-state index in [9.17, 15) is 14.9 Å². The van der Waals surface area contributed by atoms with E-state index < -0.39 is 10.8 Å². The van der Waals surface area contributed by atoms with Gasteiger partial charge in [-0.1, -0.05) is 11.6 Å². The van der Waals surface area contributed by atoms with E-state index in [1.165, 1.54) is 37.6 Å². The number of nitrogens with one attached hydrogen (secondary N) is 1. The van der Waals surface area contributed by atoms with E-state index in [0.717, 1.165) is 0 Å². The first-order chi connectivity index (χ1) is 12.5. The lowest BCUT2D eigenvalue weighted by atomic mass is 10.2. The maximum absolute atomic E-state index is 12.0. The van der Waals surface area contributed by atoms with Gasteiger partial charge in [0, 0.05) is 17.7 Å². The van der Waals surface area contributed by atoms with Gasteiger partial charge in [-0.3, -0.25) is 14.9 Å². The molecule has 0 aromatic heterocycles. The molecule has 0 aliphatic rings. The molecular weight excluding hydrogens is 362 g/mol. The largest absolute Gasteiger partial charge is 0.493 e. The van der Waals surface area contributed by atoms with Gasteiger partial charge >= 0.3 is 0 Å². The van der Waals surface area contributed by atoms with E-state index in [4.69, 9.17) is 21.1 Å². The lowest BCUT2D eigenvalue weighted by Gasteiger charge is -2.11. The van der Waals surface area contributed by atoms with Gasteiger partial charge in [0.05, 0.1) is 29.9 Å². The van der Waals surface area contributed by atoms with Gasteiger partial charge in [0.15, 0.2) is 11.5 Å². The molecule has 2 aromatic carbocycles. The second-order valence-electron chi connectivity index (χ2n) is 4.97. The number of methoxy groups -OCH3 is 1. The van der Waals surface area contributed by atoms with E-state index >= 15 is 0 Å². The molecule has 2 aromatic rings. The number of rotatable bonds is 7. The average molecular weight is 378 g/mol. The number of amides is 1. The van der Waals surface area contributed by atoms with Crippen LogP contribution in [0.3, 0.4) is 0 Å². The van der Waals surface area contributed by atoms with Crippen LogP contribution in [0.4, 0.5) is 5.69 Å². The number of non-ortho nitro benzene ring substituents is 1. The van der Waals surface area contributed by atoms with Crippen molar-refractivity contribution in [3.8, 4) is 11.5 Å². The van der Waals surface area contributed by atoms with Crippen LogP contribution in [0, 0.1) is 10.1 Å². The van der Waals surface area contributed by atoms with Crippen LogP contribution in [-0.4, -0.2) is 30.8 Å². The molecule has 0 saturated carbocycles. The summed E-state index contributed by atoms with van der Waals surface area (Å²) in [5.74, 6) is 0.381. The Kier molecular flexibility index (Phi) is 6.51. The Labute approximate surface area is 154 Å². The molecule has 0 bridgehead atoms. The minimum atomic E-state index is -0.539. The number of hydrogen-bond acceptors (Lipinski definition) is 6. The van der Waals surface area contributed by atoms with Gasteiger partial charge in [0.25, 0.3) is 11.6 Å². The van der Waals surface area contributed by atoms with E-state index in [0.29, 0.717) is 28.7 Å². The molecule has 1 amide bonds. The SMILES string of the molecule is CCOc1c(Cl)cc(/C=N/NC(=O)c2ccc([N+](=O)[O-])cc2)cc1OC. The van der Waals surface area contributed by atoms with Crippen LogP contribution in [0.2, 0.25) is 5.02 Å². The summed E-state index contributed by atoms with van der Waals surface area (Å²) in [4.78, 5) is 22.0. The van der Waals surface area contributed by atoms with Crippen molar-refractivity contribution >= 4 is 29.4 Å². The summed E-state index contributed by atoms with van der Waals surface area (Å²) in [6.07, 6.45) is 1.40. The zero-order valence-corrected chi connectivity index (χ0v) is 14.8. The number of nitro groups is 1. The molecule has 1 N–H and O–H groups in total. The van der Waals surface area contributed by atoms with Gasteiger partial charge in [-0.05, 0) is 36.8 Å². The van der Waals surface area contributed by atoms with Gasteiger partial charge in [-0.2, -0.15) is 5.10 Å². The molecule has 136 valence electrons. The monoisotopic (exact) mass is 377 g/mol. The number of hydrogen-bond donors (Lipinski definition) is 1. The Morgan fingerprint density at radius 3 is 2.62 bits per heavy atom. The maximum atomic E-state index is 12.0. The number of ether oxygens (including phenoxy) is 2. The average Bonchev–Trinajstić information content (AvgIpc) is 2.63. The van der Waals surface area contributed by atoms with Crippen molar-refractivity contribution in [3.05, 3.63) is 62.7 Å². The number of benzene rings is 2. The molecule has 8 nitrogen and oxygen atoms in total. The quantitative estimate of drug-likeness (QED) is 0.452. The Hall–Kier alpha value is -3.13. The topological polar surface area (TPSA) is 103 Å². The first-order valence-electron chi connectivity index (χ1n) is 7.54. The number of carbonyl (C=O) groups is 1. The van der Waals surface area contributed by atoms with E-state index in [2.05, 4.69) is 10.5 Å². The predicted molar refractivity (Wildman–Crippen MR) is 97.3 cm³/mol. The molecule has 0 radical (unpaired) electrons. The molecule has 0 heterocycles. The number of hydrazone groups is 1. The molecule has 0 unspecified atom stereocenters. The third-order valence-electron chi connectivity index (χ3n) is 3.26. The zero-order valence-electron chi connectivity index (χ0n) is 14.1. The standard InChI is InChI=1S/C17H16ClN3O5/c1-3-26-16-14(18)8-11(9-15(16)25-2)10-19-20-17(22)12-4-6-13(7-5-12)21(23)24/h4-10H,3H2,1-2H3,(H,20,22)/b19-10+. The summed E-state index contributed by atoms with van der Waals surface area (Å²) in [6, 6.07) is 8.47. The van der Waals surface area contributed by atoms with Crippen LogP contribution < -0.4 is 14.9 Å². The van der Waals surface area contributed by atoms with Gasteiger partial charge in [-0.15, -0.1) is 0 Å². The molecule has 9 heteroatoms. The third kappa shape index (κ3) is 4.70. The smallest absolute Gasteiger partial charge is 0.271 e. The summed E-state index contributed by atoms with van der Waals surface area (Å²) in [5, 5.41) is 14.8. The van der Waals surface area contributed by atoms with Crippen LogP contribution in [0.25, 0.3) is 0 Å². The minimum absolute atomic E-state index is 0.0961. The van der Waals surface area contributed by atoms with Crippen molar-refractivity contribution in [3.63, 3.8) is 0 Å². The molecular formula is C17H16ClN3O5. The Bertz CT molecular complexity index is 837. The number of nitrogens with zero attached hydrogens (tertiary/aromatic N) is 2. The Morgan fingerprint density at radius 1 is 1.35 bits per heavy atom. The molecule has 0 aliphatic carbocycles. The highest BCUT2D eigenvalue weighted by Gasteiger charge is 2.11. The third-order valence-corrected chi connectivity index (χ3v) is 3.54. The van der Waals surface area contributed by atoms with Gasteiger partial charge in [-0.25, -0.2) is 5.43 Å². The molecule has 0 atom stereocenters. The number of halogens is 1. The molecule has 26 heavy (non-hydrogen) atoms. The second kappa shape index (κ2) is 8.82. The van der Waals surface area contributed by atoms with Gasteiger partial charge in [0.1, 0.15) is 0 Å². The molecule has 0 aliphatic heterocycles. The highest BCUT2D eigenvalue weighted by molar-refractivity contribution is 6.32. The van der Waals surface area contributed by atoms with Crippen molar-refractivity contribution in [2.24, 2.45) is 5.10 Å². The summed E-state index contributed by atoms with van der Waals surface area (Å²) in [6.45, 7) is 2.27. The van der Waals surface area contributed by atoms with Gasteiger partial charge < -0.3 is 9.47 Å².